The van der Waals surface area contributed by atoms with Gasteiger partial charge in [0.05, 0.1) is 7.11 Å². The Hall–Kier alpha value is -2.24. The van der Waals surface area contributed by atoms with E-state index in [0.29, 0.717) is 11.5 Å². The summed E-state index contributed by atoms with van der Waals surface area (Å²) < 4.78 is 21.2. The Morgan fingerprint density at radius 2 is 1.64 bits per heavy atom. The zero-order valence-corrected chi connectivity index (χ0v) is 13.2. The Balaban J connectivity index is 2.13. The molecule has 0 aliphatic carbocycles. The van der Waals surface area contributed by atoms with Crippen molar-refractivity contribution in [3.05, 3.63) is 24.3 Å². The van der Waals surface area contributed by atoms with Gasteiger partial charge in [-0.15, -0.1) is 0 Å². The van der Waals surface area contributed by atoms with Crippen LogP contribution in [0.4, 0.5) is 0 Å². The number of rotatable bonds is 4. The van der Waals surface area contributed by atoms with Crippen molar-refractivity contribution in [2.75, 3.05) is 13.7 Å². The lowest BCUT2D eigenvalue weighted by Crippen LogP contribution is -2.52. The zero-order valence-electron chi connectivity index (χ0n) is 13.2. The van der Waals surface area contributed by atoms with Crippen molar-refractivity contribution in [3.8, 4) is 11.5 Å². The molecule has 0 unspecified atom stereocenters. The van der Waals surface area contributed by atoms with Crippen molar-refractivity contribution in [1.82, 2.24) is 0 Å². The lowest BCUT2D eigenvalue weighted by Gasteiger charge is -2.38. The number of hydrogen-bond acceptors (Lipinski definition) is 6. The van der Waals surface area contributed by atoms with Crippen LogP contribution in [0, 0.1) is 5.41 Å². The largest absolute Gasteiger partial charge is 0.466 e. The summed E-state index contributed by atoms with van der Waals surface area (Å²) in [5.41, 5.74) is -0.490. The molecule has 0 N–H and O–H groups in total. The quantitative estimate of drug-likeness (QED) is 0.795. The van der Waals surface area contributed by atoms with Gasteiger partial charge in [-0.2, -0.15) is 0 Å². The third kappa shape index (κ3) is 3.16. The first-order valence-corrected chi connectivity index (χ1v) is 6.97. The fourth-order valence-corrected chi connectivity index (χ4v) is 2.08. The van der Waals surface area contributed by atoms with Crippen LogP contribution in [0.25, 0.3) is 0 Å². The Kier molecular flexibility index (Phi) is 4.30. The van der Waals surface area contributed by atoms with Gasteiger partial charge in [0, 0.05) is 5.41 Å². The average Bonchev–Trinajstić information content (AvgIpc) is 2.83. The van der Waals surface area contributed by atoms with E-state index in [9.17, 15) is 9.59 Å². The molecular weight excluding hydrogens is 288 g/mol. The number of esters is 2. The van der Waals surface area contributed by atoms with Gasteiger partial charge in [0.25, 0.3) is 5.79 Å². The van der Waals surface area contributed by atoms with Crippen LogP contribution in [0.1, 0.15) is 27.2 Å². The van der Waals surface area contributed by atoms with Gasteiger partial charge in [-0.3, -0.25) is 4.79 Å². The topological polar surface area (TPSA) is 71.1 Å². The first-order chi connectivity index (χ1) is 10.3. The second-order valence-corrected chi connectivity index (χ2v) is 6.07. The molecule has 22 heavy (non-hydrogen) atoms. The Morgan fingerprint density at radius 1 is 1.09 bits per heavy atom. The van der Waals surface area contributed by atoms with Crippen LogP contribution in [-0.2, 0) is 19.1 Å². The minimum atomic E-state index is -1.18. The molecular formula is C16H20O6. The molecule has 6 nitrogen and oxygen atoms in total. The number of benzene rings is 1. The van der Waals surface area contributed by atoms with Crippen molar-refractivity contribution in [1.29, 1.82) is 0 Å². The molecule has 0 radical (unpaired) electrons. The van der Waals surface area contributed by atoms with E-state index in [1.165, 1.54) is 7.11 Å². The maximum Gasteiger partial charge on any atom is 0.344 e. The van der Waals surface area contributed by atoms with Crippen molar-refractivity contribution in [3.63, 3.8) is 0 Å². The Morgan fingerprint density at radius 3 is 2.09 bits per heavy atom. The standard InChI is InChI=1S/C16H20O6/c1-15(2,3)16(9-13(17)20-10-14(18)19-4)21-11-7-5-6-8-12(11)22-16/h5-8H,9-10H2,1-4H3. The molecule has 0 saturated carbocycles. The normalized spacial score (nSPS) is 15.3. The first-order valence-electron chi connectivity index (χ1n) is 6.97. The molecule has 0 spiro atoms. The number of methoxy groups -OCH3 is 1. The summed E-state index contributed by atoms with van der Waals surface area (Å²) in [6.07, 6.45) is -0.137. The highest BCUT2D eigenvalue weighted by atomic mass is 16.7. The number of hydrogen-bond donors (Lipinski definition) is 0. The summed E-state index contributed by atoms with van der Waals surface area (Å²) in [6, 6.07) is 7.22. The Labute approximate surface area is 129 Å². The van der Waals surface area contributed by atoms with Gasteiger partial charge in [-0.25, -0.2) is 4.79 Å². The van der Waals surface area contributed by atoms with Gasteiger partial charge in [-0.1, -0.05) is 32.9 Å². The summed E-state index contributed by atoms with van der Waals surface area (Å²) in [6.45, 7) is 5.30. The second kappa shape index (κ2) is 5.87. The van der Waals surface area contributed by atoms with Gasteiger partial charge in [-0.05, 0) is 12.1 Å². The molecule has 0 fully saturated rings. The van der Waals surface area contributed by atoms with Crippen LogP contribution in [0.5, 0.6) is 11.5 Å². The van der Waals surface area contributed by atoms with E-state index in [4.69, 9.17) is 14.2 Å². The number of fused-ring (bicyclic) bond motifs is 1. The molecule has 0 amide bonds. The van der Waals surface area contributed by atoms with Crippen LogP contribution in [0.15, 0.2) is 24.3 Å². The van der Waals surface area contributed by atoms with E-state index in [2.05, 4.69) is 4.74 Å². The highest BCUT2D eigenvalue weighted by Gasteiger charge is 2.53. The summed E-state index contributed by atoms with van der Waals surface area (Å²) in [4.78, 5) is 23.1. The van der Waals surface area contributed by atoms with Gasteiger partial charge in [0.2, 0.25) is 0 Å². The van der Waals surface area contributed by atoms with Crippen LogP contribution in [0.2, 0.25) is 0 Å². The van der Waals surface area contributed by atoms with E-state index in [-0.39, 0.29) is 6.42 Å². The fourth-order valence-electron chi connectivity index (χ4n) is 2.08. The molecule has 120 valence electrons. The summed E-state index contributed by atoms with van der Waals surface area (Å²) in [5.74, 6) is -1.22. The lowest BCUT2D eigenvalue weighted by atomic mass is 9.83. The molecule has 0 saturated heterocycles. The van der Waals surface area contributed by atoms with Gasteiger partial charge in [0.15, 0.2) is 18.1 Å². The van der Waals surface area contributed by atoms with Gasteiger partial charge >= 0.3 is 11.9 Å². The van der Waals surface area contributed by atoms with Crippen LogP contribution in [0.3, 0.4) is 0 Å². The predicted octanol–water partition coefficient (Wildman–Crippen LogP) is 2.31. The van der Waals surface area contributed by atoms with Crippen molar-refractivity contribution in [2.24, 2.45) is 5.41 Å². The van der Waals surface area contributed by atoms with Crippen LogP contribution < -0.4 is 9.47 Å². The van der Waals surface area contributed by atoms with Gasteiger partial charge < -0.3 is 18.9 Å². The average molecular weight is 308 g/mol. The highest BCUT2D eigenvalue weighted by molar-refractivity contribution is 5.77. The molecule has 1 aliphatic heterocycles. The SMILES string of the molecule is COC(=O)COC(=O)CC1(C(C)(C)C)Oc2ccccc2O1. The smallest absolute Gasteiger partial charge is 0.344 e. The second-order valence-electron chi connectivity index (χ2n) is 6.07. The third-order valence-corrected chi connectivity index (χ3v) is 3.50. The van der Waals surface area contributed by atoms with E-state index in [1.807, 2.05) is 32.9 Å². The lowest BCUT2D eigenvalue weighted by molar-refractivity contribution is -0.186. The number of carbonyl (C=O) groups excluding carboxylic acids is 2. The molecule has 1 heterocycles. The molecule has 2 rings (SSSR count). The molecule has 0 atom stereocenters. The van der Waals surface area contributed by atoms with Crippen LogP contribution in [-0.4, -0.2) is 31.4 Å². The first kappa shape index (κ1) is 16.1. The summed E-state index contributed by atoms with van der Waals surface area (Å²) in [7, 11) is 1.23. The van der Waals surface area contributed by atoms with Crippen molar-refractivity contribution in [2.45, 2.75) is 33.0 Å². The molecule has 1 aliphatic rings. The maximum atomic E-state index is 12.0. The third-order valence-electron chi connectivity index (χ3n) is 3.50. The number of para-hydroxylation sites is 2. The highest BCUT2D eigenvalue weighted by Crippen LogP contribution is 2.48. The van der Waals surface area contributed by atoms with E-state index >= 15 is 0 Å². The van der Waals surface area contributed by atoms with E-state index < -0.39 is 29.7 Å². The van der Waals surface area contributed by atoms with E-state index in [0.717, 1.165) is 0 Å². The minimum absolute atomic E-state index is 0.137. The Bertz CT molecular complexity index is 547. The fraction of sp³-hybridized carbons (Fsp3) is 0.500. The van der Waals surface area contributed by atoms with Crippen molar-refractivity contribution >= 4 is 11.9 Å². The molecule has 0 aromatic heterocycles. The van der Waals surface area contributed by atoms with Crippen LogP contribution >= 0.6 is 0 Å². The van der Waals surface area contributed by atoms with E-state index in [1.54, 1.807) is 12.1 Å². The number of carbonyl (C=O) groups is 2. The molecule has 6 heteroatoms. The monoisotopic (exact) mass is 308 g/mol. The maximum absolute atomic E-state index is 12.0. The zero-order chi connectivity index (χ0) is 16.4. The summed E-state index contributed by atoms with van der Waals surface area (Å²) in [5, 5.41) is 0. The molecule has 1 aromatic carbocycles. The minimum Gasteiger partial charge on any atom is -0.466 e. The molecule has 1 aromatic rings. The van der Waals surface area contributed by atoms with Gasteiger partial charge in [0.1, 0.15) is 6.42 Å². The predicted molar refractivity (Wildman–Crippen MR) is 77.5 cm³/mol. The number of ether oxygens (including phenoxy) is 4. The van der Waals surface area contributed by atoms with Crippen molar-refractivity contribution < 1.29 is 28.5 Å². The summed E-state index contributed by atoms with van der Waals surface area (Å²) >= 11 is 0. The molecule has 0 bridgehead atoms.